The lowest BCUT2D eigenvalue weighted by atomic mass is 9.97. The molecule has 20 heavy (non-hydrogen) atoms. The SMILES string of the molecule is CN1CCC(CNCc2cc(Br)cc3c2OCC3)CC1. The molecule has 4 heteroatoms. The fourth-order valence-corrected chi connectivity index (χ4v) is 3.71. The van der Waals surface area contributed by atoms with Crippen molar-refractivity contribution >= 4 is 15.9 Å². The molecule has 1 fully saturated rings. The van der Waals surface area contributed by atoms with Crippen molar-refractivity contribution in [2.75, 3.05) is 33.3 Å². The number of rotatable bonds is 4. The van der Waals surface area contributed by atoms with Crippen LogP contribution in [0.2, 0.25) is 0 Å². The Morgan fingerprint density at radius 3 is 2.95 bits per heavy atom. The van der Waals surface area contributed by atoms with E-state index in [4.69, 9.17) is 4.74 Å². The molecule has 3 rings (SSSR count). The third-order valence-corrected chi connectivity index (χ3v) is 4.87. The number of hydrogen-bond donors (Lipinski definition) is 1. The molecule has 0 aromatic heterocycles. The summed E-state index contributed by atoms with van der Waals surface area (Å²) in [4.78, 5) is 2.42. The molecule has 0 amide bonds. The highest BCUT2D eigenvalue weighted by Gasteiger charge is 2.19. The summed E-state index contributed by atoms with van der Waals surface area (Å²) < 4.78 is 6.94. The molecule has 0 saturated carbocycles. The van der Waals surface area contributed by atoms with E-state index in [1.54, 1.807) is 0 Å². The maximum absolute atomic E-state index is 5.77. The predicted octanol–water partition coefficient (Wildman–Crippen LogP) is 2.82. The number of benzene rings is 1. The first kappa shape index (κ1) is 14.4. The van der Waals surface area contributed by atoms with Crippen LogP contribution >= 0.6 is 15.9 Å². The van der Waals surface area contributed by atoms with Gasteiger partial charge in [0.25, 0.3) is 0 Å². The van der Waals surface area contributed by atoms with Gasteiger partial charge >= 0.3 is 0 Å². The second-order valence-electron chi connectivity index (χ2n) is 6.03. The van der Waals surface area contributed by atoms with E-state index in [-0.39, 0.29) is 0 Å². The van der Waals surface area contributed by atoms with E-state index >= 15 is 0 Å². The Morgan fingerprint density at radius 1 is 1.35 bits per heavy atom. The third-order valence-electron chi connectivity index (χ3n) is 4.41. The number of halogens is 1. The molecule has 1 aromatic rings. The molecule has 0 aliphatic carbocycles. The van der Waals surface area contributed by atoms with Gasteiger partial charge in [0.05, 0.1) is 6.61 Å². The predicted molar refractivity (Wildman–Crippen MR) is 85.3 cm³/mol. The normalized spacial score (nSPS) is 19.9. The first-order valence-electron chi connectivity index (χ1n) is 7.56. The van der Waals surface area contributed by atoms with Crippen LogP contribution in [0.1, 0.15) is 24.0 Å². The van der Waals surface area contributed by atoms with Crippen molar-refractivity contribution < 1.29 is 4.74 Å². The second-order valence-corrected chi connectivity index (χ2v) is 6.94. The van der Waals surface area contributed by atoms with E-state index in [1.165, 1.54) is 37.1 Å². The number of nitrogens with zero attached hydrogens (tertiary/aromatic N) is 1. The molecule has 110 valence electrons. The van der Waals surface area contributed by atoms with Crippen LogP contribution in [0.15, 0.2) is 16.6 Å². The topological polar surface area (TPSA) is 24.5 Å². The monoisotopic (exact) mass is 338 g/mol. The molecule has 2 aliphatic rings. The van der Waals surface area contributed by atoms with Crippen LogP contribution in [-0.2, 0) is 13.0 Å². The Bertz CT molecular complexity index is 470. The Morgan fingerprint density at radius 2 is 2.15 bits per heavy atom. The van der Waals surface area contributed by atoms with Gasteiger partial charge in [-0.25, -0.2) is 0 Å². The summed E-state index contributed by atoms with van der Waals surface area (Å²) in [6.07, 6.45) is 3.67. The van der Waals surface area contributed by atoms with Crippen LogP contribution in [0.25, 0.3) is 0 Å². The number of piperidine rings is 1. The molecule has 0 unspecified atom stereocenters. The van der Waals surface area contributed by atoms with Crippen molar-refractivity contribution in [2.24, 2.45) is 5.92 Å². The standard InChI is InChI=1S/C16H23BrN2O/c1-19-5-2-12(3-6-19)10-18-11-14-9-15(17)8-13-4-7-20-16(13)14/h8-9,12,18H,2-7,10-11H2,1H3. The maximum Gasteiger partial charge on any atom is 0.127 e. The lowest BCUT2D eigenvalue weighted by molar-refractivity contribution is 0.216. The average Bonchev–Trinajstić information content (AvgIpc) is 2.89. The molecule has 1 N–H and O–H groups in total. The van der Waals surface area contributed by atoms with E-state index in [1.807, 2.05) is 0 Å². The average molecular weight is 339 g/mol. The minimum absolute atomic E-state index is 0.826. The van der Waals surface area contributed by atoms with Crippen molar-refractivity contribution in [1.82, 2.24) is 10.2 Å². The summed E-state index contributed by atoms with van der Waals surface area (Å²) in [7, 11) is 2.21. The van der Waals surface area contributed by atoms with Crippen molar-refractivity contribution in [3.63, 3.8) is 0 Å². The molecule has 1 aromatic carbocycles. The second kappa shape index (κ2) is 6.46. The minimum Gasteiger partial charge on any atom is -0.493 e. The van der Waals surface area contributed by atoms with E-state index < -0.39 is 0 Å². The van der Waals surface area contributed by atoms with Crippen LogP contribution < -0.4 is 10.1 Å². The highest BCUT2D eigenvalue weighted by Crippen LogP contribution is 2.32. The lowest BCUT2D eigenvalue weighted by Gasteiger charge is -2.29. The molecule has 0 radical (unpaired) electrons. The molecule has 2 aliphatic heterocycles. The summed E-state index contributed by atoms with van der Waals surface area (Å²) in [6.45, 7) is 5.33. The highest BCUT2D eigenvalue weighted by atomic mass is 79.9. The number of fused-ring (bicyclic) bond motifs is 1. The summed E-state index contributed by atoms with van der Waals surface area (Å²) in [5.41, 5.74) is 2.63. The maximum atomic E-state index is 5.77. The van der Waals surface area contributed by atoms with Gasteiger partial charge in [-0.1, -0.05) is 15.9 Å². The third kappa shape index (κ3) is 3.35. The van der Waals surface area contributed by atoms with Gasteiger partial charge in [-0.15, -0.1) is 0 Å². The van der Waals surface area contributed by atoms with E-state index in [0.29, 0.717) is 0 Å². The zero-order valence-corrected chi connectivity index (χ0v) is 13.7. The molecule has 0 atom stereocenters. The molecule has 1 saturated heterocycles. The van der Waals surface area contributed by atoms with Gasteiger partial charge in [0.1, 0.15) is 5.75 Å². The van der Waals surface area contributed by atoms with E-state index in [9.17, 15) is 0 Å². The van der Waals surface area contributed by atoms with Crippen LogP contribution in [-0.4, -0.2) is 38.2 Å². The number of hydrogen-bond acceptors (Lipinski definition) is 3. The Labute approximate surface area is 129 Å². The number of likely N-dealkylation sites (tertiary alicyclic amines) is 1. The van der Waals surface area contributed by atoms with Crippen molar-refractivity contribution in [3.05, 3.63) is 27.7 Å². The summed E-state index contributed by atoms with van der Waals surface area (Å²) in [5, 5.41) is 3.62. The van der Waals surface area contributed by atoms with E-state index in [2.05, 4.69) is 45.3 Å². The van der Waals surface area contributed by atoms with Gasteiger partial charge < -0.3 is 15.0 Å². The Balaban J connectivity index is 1.54. The fourth-order valence-electron chi connectivity index (χ4n) is 3.15. The molecule has 0 bridgehead atoms. The van der Waals surface area contributed by atoms with Crippen molar-refractivity contribution in [2.45, 2.75) is 25.8 Å². The van der Waals surface area contributed by atoms with Crippen LogP contribution in [0.4, 0.5) is 0 Å². The van der Waals surface area contributed by atoms with Gasteiger partial charge in [0, 0.05) is 23.0 Å². The molecule has 3 nitrogen and oxygen atoms in total. The van der Waals surface area contributed by atoms with Crippen LogP contribution in [0, 0.1) is 5.92 Å². The zero-order chi connectivity index (χ0) is 13.9. The smallest absolute Gasteiger partial charge is 0.127 e. The quantitative estimate of drug-likeness (QED) is 0.913. The lowest BCUT2D eigenvalue weighted by Crippen LogP contribution is -2.34. The Kier molecular flexibility index (Phi) is 4.64. The molecule has 0 spiro atoms. The fraction of sp³-hybridized carbons (Fsp3) is 0.625. The minimum atomic E-state index is 0.826. The Hall–Kier alpha value is -0.580. The number of ether oxygens (including phenoxy) is 1. The van der Waals surface area contributed by atoms with Gasteiger partial charge in [-0.2, -0.15) is 0 Å². The van der Waals surface area contributed by atoms with Gasteiger partial charge in [-0.05, 0) is 63.1 Å². The molecular formula is C16H23BrN2O. The first-order chi connectivity index (χ1) is 9.72. The van der Waals surface area contributed by atoms with Crippen molar-refractivity contribution in [1.29, 1.82) is 0 Å². The largest absolute Gasteiger partial charge is 0.493 e. The van der Waals surface area contributed by atoms with E-state index in [0.717, 1.165) is 42.3 Å². The summed E-state index contributed by atoms with van der Waals surface area (Å²) in [6, 6.07) is 4.37. The highest BCUT2D eigenvalue weighted by molar-refractivity contribution is 9.10. The zero-order valence-electron chi connectivity index (χ0n) is 12.1. The molecular weight excluding hydrogens is 316 g/mol. The summed E-state index contributed by atoms with van der Waals surface area (Å²) in [5.74, 6) is 1.94. The van der Waals surface area contributed by atoms with Gasteiger partial charge in [0.15, 0.2) is 0 Å². The van der Waals surface area contributed by atoms with Crippen LogP contribution in [0.5, 0.6) is 5.75 Å². The van der Waals surface area contributed by atoms with Crippen molar-refractivity contribution in [3.8, 4) is 5.75 Å². The van der Waals surface area contributed by atoms with Crippen LogP contribution in [0.3, 0.4) is 0 Å². The number of nitrogens with one attached hydrogen (secondary N) is 1. The van der Waals surface area contributed by atoms with Gasteiger partial charge in [0.2, 0.25) is 0 Å². The first-order valence-corrected chi connectivity index (χ1v) is 8.35. The molecule has 2 heterocycles. The summed E-state index contributed by atoms with van der Waals surface area (Å²) >= 11 is 3.60. The van der Waals surface area contributed by atoms with Gasteiger partial charge in [-0.3, -0.25) is 0 Å².